The molecule has 0 aromatic carbocycles. The number of alkyl carbamates (subject to hydrolysis) is 1. The van der Waals surface area contributed by atoms with Gasteiger partial charge in [-0.25, -0.2) is 9.59 Å². The fourth-order valence-corrected chi connectivity index (χ4v) is 2.39. The van der Waals surface area contributed by atoms with Gasteiger partial charge < -0.3 is 20.1 Å². The number of piperidine rings is 1. The lowest BCUT2D eigenvalue weighted by molar-refractivity contribution is -0.140. The van der Waals surface area contributed by atoms with Crippen molar-refractivity contribution in [2.24, 2.45) is 5.92 Å². The average Bonchev–Trinajstić information content (AvgIpc) is 2.46. The van der Waals surface area contributed by atoms with Crippen LogP contribution >= 0.6 is 0 Å². The second-order valence-electron chi connectivity index (χ2n) is 4.96. The van der Waals surface area contributed by atoms with Crippen LogP contribution in [0, 0.1) is 5.92 Å². The zero-order valence-electron chi connectivity index (χ0n) is 12.2. The zero-order chi connectivity index (χ0) is 15.8. The summed E-state index contributed by atoms with van der Waals surface area (Å²) in [4.78, 5) is 35.7. The molecule has 1 atom stereocenters. The van der Waals surface area contributed by atoms with Crippen molar-refractivity contribution >= 4 is 18.0 Å². The molecule has 0 spiro atoms. The monoisotopic (exact) mass is 298 g/mol. The number of nitrogens with one attached hydrogen (secondary N) is 1. The van der Waals surface area contributed by atoms with Crippen molar-refractivity contribution < 1.29 is 24.2 Å². The molecule has 1 heterocycles. The third-order valence-electron chi connectivity index (χ3n) is 3.54. The first kappa shape index (κ1) is 17.0. The lowest BCUT2D eigenvalue weighted by Crippen LogP contribution is -2.44. The van der Waals surface area contributed by atoms with Crippen molar-refractivity contribution in [2.75, 3.05) is 19.7 Å². The average molecular weight is 298 g/mol. The van der Waals surface area contributed by atoms with E-state index in [2.05, 4.69) is 11.9 Å². The van der Waals surface area contributed by atoms with E-state index in [1.807, 2.05) is 0 Å². The number of carboxylic acids is 1. The number of carboxylic acid groups (broad SMARTS) is 1. The standard InChI is InChI=1S/C14H22N2O5/c1-3-12(17)16-7-5-10(6-8-16)9-11(13(18)19)15-14(20)21-4-2/h3,10-11H,1,4-9H2,2H3,(H,15,20)(H,18,19). The van der Waals surface area contributed by atoms with Crippen LogP contribution in [0.5, 0.6) is 0 Å². The third kappa shape index (κ3) is 5.45. The first-order valence-corrected chi connectivity index (χ1v) is 7.05. The maximum Gasteiger partial charge on any atom is 0.407 e. The number of hydrogen-bond acceptors (Lipinski definition) is 4. The summed E-state index contributed by atoms with van der Waals surface area (Å²) in [5, 5.41) is 11.5. The molecule has 118 valence electrons. The molecule has 0 aliphatic carbocycles. The summed E-state index contributed by atoms with van der Waals surface area (Å²) in [7, 11) is 0. The molecule has 0 aromatic rings. The highest BCUT2D eigenvalue weighted by Crippen LogP contribution is 2.22. The summed E-state index contributed by atoms with van der Waals surface area (Å²) < 4.78 is 4.70. The molecule has 2 amide bonds. The van der Waals surface area contributed by atoms with E-state index >= 15 is 0 Å². The van der Waals surface area contributed by atoms with E-state index in [4.69, 9.17) is 9.84 Å². The Balaban J connectivity index is 2.46. The molecule has 1 rings (SSSR count). The number of amides is 2. The molecule has 7 nitrogen and oxygen atoms in total. The predicted octanol–water partition coefficient (Wildman–Crippen LogP) is 1.00. The van der Waals surface area contributed by atoms with Gasteiger partial charge in [0.1, 0.15) is 6.04 Å². The van der Waals surface area contributed by atoms with Gasteiger partial charge in [0.05, 0.1) is 6.61 Å². The molecular weight excluding hydrogens is 276 g/mol. The second-order valence-corrected chi connectivity index (χ2v) is 4.96. The van der Waals surface area contributed by atoms with Gasteiger partial charge in [-0.3, -0.25) is 4.79 Å². The highest BCUT2D eigenvalue weighted by atomic mass is 16.5. The van der Waals surface area contributed by atoms with E-state index in [1.165, 1.54) is 6.08 Å². The van der Waals surface area contributed by atoms with Crippen molar-refractivity contribution in [1.82, 2.24) is 10.2 Å². The number of rotatable bonds is 6. The number of ether oxygens (including phenoxy) is 1. The Kier molecular flexibility index (Phi) is 6.71. The Hall–Kier alpha value is -2.05. The van der Waals surface area contributed by atoms with Gasteiger partial charge in [0.15, 0.2) is 0 Å². The molecule has 1 aliphatic rings. The predicted molar refractivity (Wildman–Crippen MR) is 75.7 cm³/mol. The van der Waals surface area contributed by atoms with Crippen LogP contribution < -0.4 is 5.32 Å². The quantitative estimate of drug-likeness (QED) is 0.713. The van der Waals surface area contributed by atoms with Gasteiger partial charge in [-0.2, -0.15) is 0 Å². The summed E-state index contributed by atoms with van der Waals surface area (Å²) in [5.74, 6) is -1.03. The second kappa shape index (κ2) is 8.28. The van der Waals surface area contributed by atoms with Crippen LogP contribution in [0.25, 0.3) is 0 Å². The SMILES string of the molecule is C=CC(=O)N1CCC(CC(NC(=O)OCC)C(=O)O)CC1. The van der Waals surface area contributed by atoms with Gasteiger partial charge in [-0.1, -0.05) is 6.58 Å². The van der Waals surface area contributed by atoms with Crippen molar-refractivity contribution in [3.8, 4) is 0 Å². The van der Waals surface area contributed by atoms with E-state index in [9.17, 15) is 14.4 Å². The van der Waals surface area contributed by atoms with Gasteiger partial charge in [0, 0.05) is 13.1 Å². The minimum absolute atomic E-state index is 0.104. The molecular formula is C14H22N2O5. The lowest BCUT2D eigenvalue weighted by atomic mass is 9.90. The fourth-order valence-electron chi connectivity index (χ4n) is 2.39. The maximum absolute atomic E-state index is 11.5. The molecule has 0 radical (unpaired) electrons. The molecule has 0 saturated carbocycles. The van der Waals surface area contributed by atoms with E-state index in [0.29, 0.717) is 32.4 Å². The summed E-state index contributed by atoms with van der Waals surface area (Å²) in [6.45, 7) is 6.46. The van der Waals surface area contributed by atoms with Crippen LogP contribution in [-0.4, -0.2) is 53.7 Å². The Morgan fingerprint density at radius 3 is 2.52 bits per heavy atom. The smallest absolute Gasteiger partial charge is 0.407 e. The van der Waals surface area contributed by atoms with Crippen LogP contribution in [0.3, 0.4) is 0 Å². The van der Waals surface area contributed by atoms with Crippen LogP contribution in [0.15, 0.2) is 12.7 Å². The Morgan fingerprint density at radius 1 is 1.43 bits per heavy atom. The van der Waals surface area contributed by atoms with Crippen LogP contribution in [0.2, 0.25) is 0 Å². The molecule has 21 heavy (non-hydrogen) atoms. The number of likely N-dealkylation sites (tertiary alicyclic amines) is 1. The van der Waals surface area contributed by atoms with E-state index in [1.54, 1.807) is 11.8 Å². The van der Waals surface area contributed by atoms with Crippen molar-refractivity contribution in [3.05, 3.63) is 12.7 Å². The zero-order valence-corrected chi connectivity index (χ0v) is 12.2. The lowest BCUT2D eigenvalue weighted by Gasteiger charge is -2.32. The van der Waals surface area contributed by atoms with Crippen molar-refractivity contribution in [1.29, 1.82) is 0 Å². The minimum atomic E-state index is -1.08. The van der Waals surface area contributed by atoms with Crippen molar-refractivity contribution in [3.63, 3.8) is 0 Å². The fraction of sp³-hybridized carbons (Fsp3) is 0.643. The molecule has 1 saturated heterocycles. The van der Waals surface area contributed by atoms with E-state index in [0.717, 1.165) is 0 Å². The largest absolute Gasteiger partial charge is 0.480 e. The summed E-state index contributed by atoms with van der Waals surface area (Å²) in [5.41, 5.74) is 0. The number of aliphatic carboxylic acids is 1. The highest BCUT2D eigenvalue weighted by Gasteiger charge is 2.28. The number of hydrogen-bond donors (Lipinski definition) is 2. The Labute approximate surface area is 123 Å². The number of nitrogens with zero attached hydrogens (tertiary/aromatic N) is 1. The van der Waals surface area contributed by atoms with Crippen molar-refractivity contribution in [2.45, 2.75) is 32.2 Å². The normalized spacial score (nSPS) is 16.9. The van der Waals surface area contributed by atoms with Gasteiger partial charge >= 0.3 is 12.1 Å². The first-order valence-electron chi connectivity index (χ1n) is 7.05. The van der Waals surface area contributed by atoms with E-state index < -0.39 is 18.1 Å². The Bertz CT molecular complexity index is 402. The number of carbonyl (C=O) groups excluding carboxylic acids is 2. The van der Waals surface area contributed by atoms with Crippen LogP contribution in [0.1, 0.15) is 26.2 Å². The topological polar surface area (TPSA) is 95.9 Å². The summed E-state index contributed by atoms with van der Waals surface area (Å²) in [6.07, 6.45) is 2.33. The third-order valence-corrected chi connectivity index (χ3v) is 3.54. The molecule has 1 aliphatic heterocycles. The maximum atomic E-state index is 11.5. The summed E-state index contributed by atoms with van der Waals surface area (Å²) >= 11 is 0. The van der Waals surface area contributed by atoms with Gasteiger partial charge in [-0.05, 0) is 38.2 Å². The molecule has 0 bridgehead atoms. The summed E-state index contributed by atoms with van der Waals surface area (Å²) in [6, 6.07) is -0.962. The van der Waals surface area contributed by atoms with Crippen LogP contribution in [0.4, 0.5) is 4.79 Å². The number of carbonyl (C=O) groups is 3. The molecule has 7 heteroatoms. The van der Waals surface area contributed by atoms with Gasteiger partial charge in [0.2, 0.25) is 5.91 Å². The first-order chi connectivity index (χ1) is 9.97. The molecule has 0 aromatic heterocycles. The Morgan fingerprint density at radius 2 is 2.05 bits per heavy atom. The van der Waals surface area contributed by atoms with E-state index in [-0.39, 0.29) is 18.4 Å². The van der Waals surface area contributed by atoms with Gasteiger partial charge in [0.25, 0.3) is 0 Å². The van der Waals surface area contributed by atoms with Crippen LogP contribution in [-0.2, 0) is 14.3 Å². The highest BCUT2D eigenvalue weighted by molar-refractivity contribution is 5.87. The minimum Gasteiger partial charge on any atom is -0.480 e. The molecule has 2 N–H and O–H groups in total. The molecule has 1 fully saturated rings. The molecule has 1 unspecified atom stereocenters. The van der Waals surface area contributed by atoms with Gasteiger partial charge in [-0.15, -0.1) is 0 Å².